The summed E-state index contributed by atoms with van der Waals surface area (Å²) in [7, 11) is -10.2. The number of nitrogen functional groups attached to an aromatic ring is 1. The number of aryl methyl sites for hydroxylation is 1. The Bertz CT molecular complexity index is 1120. The number of aliphatic carboxylic acids is 1. The summed E-state index contributed by atoms with van der Waals surface area (Å²) in [5.74, 6) is -0.223. The minimum atomic E-state index is -5.23. The zero-order chi connectivity index (χ0) is 25.7. The van der Waals surface area contributed by atoms with E-state index in [0.29, 0.717) is 27.0 Å². The molecule has 2 aromatic heterocycles. The van der Waals surface area contributed by atoms with Gasteiger partial charge in [-0.3, -0.25) is 9.32 Å². The molecule has 2 rings (SSSR count). The van der Waals surface area contributed by atoms with E-state index in [1.54, 1.807) is 24.6 Å². The van der Waals surface area contributed by atoms with Crippen LogP contribution >= 0.6 is 27.0 Å². The van der Waals surface area contributed by atoms with Crippen molar-refractivity contribution in [3.8, 4) is 0 Å². The summed E-state index contributed by atoms with van der Waals surface area (Å²) >= 11 is 1.18. The van der Waals surface area contributed by atoms with Crippen molar-refractivity contribution in [2.24, 2.45) is 0 Å². The summed E-state index contributed by atoms with van der Waals surface area (Å²) in [6.45, 7) is 3.24. The highest BCUT2D eigenvalue weighted by atomic mass is 32.1. The standard InChI is InChI=1S/C17H26N4O10P2S/c1-10-14(6-7-30-33(28,29)31-32(25,26)27)34-17(13(22)4-3-5-15(23)24)21(10)9-12-8-19-11(2)20-16(12)18/h8,13,22H,3-7,9H2,1-2H3,(H5-,18,19,20,23,24,25,26,27,28,29)/p+1/t13-/m1/s1. The van der Waals surface area contributed by atoms with Gasteiger partial charge in [-0.15, -0.1) is 0 Å². The van der Waals surface area contributed by atoms with Crippen LogP contribution in [-0.2, 0) is 35.7 Å². The summed E-state index contributed by atoms with van der Waals surface area (Å²) in [6, 6.07) is 0. The first-order valence-corrected chi connectivity index (χ1v) is 13.8. The Labute approximate surface area is 198 Å². The van der Waals surface area contributed by atoms with Gasteiger partial charge in [0.25, 0.3) is 5.01 Å². The Morgan fingerprint density at radius 1 is 1.29 bits per heavy atom. The van der Waals surface area contributed by atoms with Crippen molar-refractivity contribution in [2.75, 3.05) is 12.3 Å². The predicted octanol–water partition coefficient (Wildman–Crippen LogP) is 1.13. The highest BCUT2D eigenvalue weighted by Crippen LogP contribution is 2.57. The maximum Gasteiger partial charge on any atom is 0.481 e. The second-order valence-electron chi connectivity index (χ2n) is 7.29. The van der Waals surface area contributed by atoms with Crippen LogP contribution in [0.3, 0.4) is 0 Å². The number of aliphatic hydroxyl groups is 1. The van der Waals surface area contributed by atoms with E-state index in [-0.39, 0.29) is 38.0 Å². The first kappa shape index (κ1) is 28.4. The number of aliphatic hydroxyl groups excluding tert-OH is 1. The van der Waals surface area contributed by atoms with E-state index >= 15 is 0 Å². The SMILES string of the molecule is Cc1ncc(C[n+]2c([C@H](O)CCCC(=O)O)sc(CCOP(=O)(O)OP(=O)(O)O)c2C)c(N)n1. The number of phosphoric ester groups is 1. The molecule has 17 heteroatoms. The monoisotopic (exact) mass is 541 g/mol. The lowest BCUT2D eigenvalue weighted by molar-refractivity contribution is -0.700. The molecular formula is C17H27N4O10P2S+. The zero-order valence-corrected chi connectivity index (χ0v) is 21.0. The van der Waals surface area contributed by atoms with E-state index in [1.807, 2.05) is 0 Å². The lowest BCUT2D eigenvalue weighted by atomic mass is 10.1. The van der Waals surface area contributed by atoms with E-state index in [1.165, 1.54) is 11.3 Å². The Kier molecular flexibility index (Phi) is 9.83. The van der Waals surface area contributed by atoms with Crippen LogP contribution in [0.5, 0.6) is 0 Å². The van der Waals surface area contributed by atoms with Crippen LogP contribution in [0.1, 0.15) is 52.3 Å². The molecule has 0 saturated carbocycles. The lowest BCUT2D eigenvalue weighted by Gasteiger charge is -2.11. The number of hydrogen-bond donors (Lipinski definition) is 6. The van der Waals surface area contributed by atoms with Crippen molar-refractivity contribution in [2.45, 2.75) is 52.2 Å². The van der Waals surface area contributed by atoms with Crippen LogP contribution < -0.4 is 10.3 Å². The Hall–Kier alpha value is -1.80. The van der Waals surface area contributed by atoms with Crippen LogP contribution in [0.25, 0.3) is 0 Å². The van der Waals surface area contributed by atoms with Crippen molar-refractivity contribution >= 4 is 38.8 Å². The van der Waals surface area contributed by atoms with Gasteiger partial charge in [-0.25, -0.2) is 19.1 Å². The summed E-state index contributed by atoms with van der Waals surface area (Å²) in [6.07, 6.45) is 0.956. The predicted molar refractivity (Wildman–Crippen MR) is 119 cm³/mol. The molecule has 14 nitrogen and oxygen atoms in total. The third-order valence-corrected chi connectivity index (χ3v) is 8.23. The van der Waals surface area contributed by atoms with Crippen molar-refractivity contribution in [3.05, 3.63) is 33.2 Å². The largest absolute Gasteiger partial charge is 0.481 e. The first-order chi connectivity index (χ1) is 15.7. The van der Waals surface area contributed by atoms with Gasteiger partial charge < -0.3 is 30.6 Å². The third kappa shape index (κ3) is 8.77. The molecule has 0 spiro atoms. The number of nitrogens with two attached hydrogens (primary N) is 1. The van der Waals surface area contributed by atoms with Gasteiger partial charge in [0.2, 0.25) is 0 Å². The highest BCUT2D eigenvalue weighted by Gasteiger charge is 2.33. The van der Waals surface area contributed by atoms with Crippen LogP contribution in [0.2, 0.25) is 0 Å². The zero-order valence-electron chi connectivity index (χ0n) is 18.4. The molecule has 0 radical (unpaired) electrons. The van der Waals surface area contributed by atoms with Gasteiger partial charge in [0.1, 0.15) is 17.7 Å². The fourth-order valence-electron chi connectivity index (χ4n) is 3.03. The number of thiazole rings is 1. The second kappa shape index (κ2) is 11.8. The number of nitrogens with zero attached hydrogens (tertiary/aromatic N) is 3. The number of carboxylic acid groups (broad SMARTS) is 1. The molecular weight excluding hydrogens is 514 g/mol. The van der Waals surface area contributed by atoms with Gasteiger partial charge in [-0.2, -0.15) is 8.88 Å². The molecule has 0 amide bonds. The highest BCUT2D eigenvalue weighted by molar-refractivity contribution is 7.60. The van der Waals surface area contributed by atoms with Gasteiger partial charge in [-0.05, 0) is 19.8 Å². The smallest absolute Gasteiger partial charge is 0.481 e. The third-order valence-electron chi connectivity index (χ3n) is 4.60. The van der Waals surface area contributed by atoms with Gasteiger partial charge in [-0.1, -0.05) is 11.3 Å². The number of carboxylic acids is 1. The summed E-state index contributed by atoms with van der Waals surface area (Å²) in [4.78, 5) is 46.5. The minimum Gasteiger partial charge on any atom is -0.481 e. The summed E-state index contributed by atoms with van der Waals surface area (Å²) in [5, 5.41) is 20.1. The Balaban J connectivity index is 2.26. The first-order valence-electron chi connectivity index (χ1n) is 9.92. The fourth-order valence-corrected chi connectivity index (χ4v) is 5.88. The van der Waals surface area contributed by atoms with Crippen molar-refractivity contribution < 1.29 is 52.2 Å². The van der Waals surface area contributed by atoms with Crippen LogP contribution in [0.4, 0.5) is 5.82 Å². The van der Waals surface area contributed by atoms with Crippen LogP contribution in [-0.4, -0.2) is 47.4 Å². The average molecular weight is 541 g/mol. The molecule has 2 heterocycles. The maximum atomic E-state index is 11.7. The number of hydrogen-bond acceptors (Lipinski definition) is 10. The van der Waals surface area contributed by atoms with E-state index in [0.717, 1.165) is 0 Å². The maximum absolute atomic E-state index is 11.7. The molecule has 0 aliphatic heterocycles. The van der Waals surface area contributed by atoms with Gasteiger partial charge >= 0.3 is 21.6 Å². The normalized spacial score (nSPS) is 14.6. The molecule has 0 aliphatic rings. The minimum absolute atomic E-state index is 0.0628. The van der Waals surface area contributed by atoms with E-state index in [4.69, 9.17) is 20.6 Å². The topological polar surface area (TPSA) is 226 Å². The Morgan fingerprint density at radius 3 is 2.56 bits per heavy atom. The molecule has 0 fully saturated rings. The molecule has 0 bridgehead atoms. The van der Waals surface area contributed by atoms with Crippen molar-refractivity contribution in [1.82, 2.24) is 9.97 Å². The quantitative estimate of drug-likeness (QED) is 0.155. The lowest BCUT2D eigenvalue weighted by Crippen LogP contribution is -2.41. The number of rotatable bonds is 13. The molecule has 2 aromatic rings. The Morgan fingerprint density at radius 2 is 1.97 bits per heavy atom. The van der Waals surface area contributed by atoms with E-state index in [2.05, 4.69) is 18.8 Å². The number of carbonyl (C=O) groups is 1. The summed E-state index contributed by atoms with van der Waals surface area (Å²) < 4.78 is 32.6. The van der Waals surface area contributed by atoms with Crippen LogP contribution in [0, 0.1) is 13.8 Å². The molecule has 34 heavy (non-hydrogen) atoms. The molecule has 1 unspecified atom stereocenters. The summed E-state index contributed by atoms with van der Waals surface area (Å²) in [5.41, 5.74) is 7.26. The second-order valence-corrected chi connectivity index (χ2v) is 11.2. The fraction of sp³-hybridized carbons (Fsp3) is 0.529. The number of aromatic nitrogens is 3. The van der Waals surface area contributed by atoms with Gasteiger partial charge in [0, 0.05) is 26.0 Å². The van der Waals surface area contributed by atoms with E-state index in [9.17, 15) is 23.9 Å². The van der Waals surface area contributed by atoms with Crippen molar-refractivity contribution in [3.63, 3.8) is 0 Å². The molecule has 7 N–H and O–H groups in total. The average Bonchev–Trinajstić information content (AvgIpc) is 2.97. The molecule has 0 aliphatic carbocycles. The molecule has 0 aromatic carbocycles. The van der Waals surface area contributed by atoms with Crippen molar-refractivity contribution in [1.29, 1.82) is 0 Å². The number of phosphoric acid groups is 2. The molecule has 0 saturated heterocycles. The van der Waals surface area contributed by atoms with E-state index < -0.39 is 34.3 Å². The number of anilines is 1. The van der Waals surface area contributed by atoms with Crippen LogP contribution in [0.15, 0.2) is 6.20 Å². The van der Waals surface area contributed by atoms with Gasteiger partial charge in [0.15, 0.2) is 12.2 Å². The molecule has 190 valence electrons. The molecule has 2 atom stereocenters. The van der Waals surface area contributed by atoms with Gasteiger partial charge in [0.05, 0.1) is 17.0 Å².